The molecule has 6 heteroatoms. The number of hydrogen-bond acceptors (Lipinski definition) is 5. The molecule has 0 saturated heterocycles. The molecular formula is C12H13N3O2S. The number of carbonyl (C=O) groups is 1. The molecule has 0 aromatic carbocycles. The van der Waals surface area contributed by atoms with E-state index in [9.17, 15) is 4.79 Å². The zero-order valence-electron chi connectivity index (χ0n) is 9.83. The highest BCUT2D eigenvalue weighted by Gasteiger charge is 2.16. The van der Waals surface area contributed by atoms with Crippen LogP contribution in [0.15, 0.2) is 29.8 Å². The minimum absolute atomic E-state index is 0.0554. The molecule has 0 fully saturated rings. The maximum absolute atomic E-state index is 11.1. The molecule has 0 radical (unpaired) electrons. The van der Waals surface area contributed by atoms with Crippen LogP contribution in [0.5, 0.6) is 0 Å². The average Bonchev–Trinajstić information content (AvgIpc) is 2.90. The van der Waals surface area contributed by atoms with Gasteiger partial charge in [0.2, 0.25) is 0 Å². The van der Waals surface area contributed by atoms with Gasteiger partial charge in [-0.25, -0.2) is 4.79 Å². The highest BCUT2D eigenvalue weighted by molar-refractivity contribution is 7.10. The topological polar surface area (TPSA) is 75.1 Å². The zero-order valence-corrected chi connectivity index (χ0v) is 10.6. The number of hydrogen-bond donors (Lipinski definition) is 2. The second kappa shape index (κ2) is 5.59. The van der Waals surface area contributed by atoms with Crippen molar-refractivity contribution in [2.75, 3.05) is 5.32 Å². The summed E-state index contributed by atoms with van der Waals surface area (Å²) in [4.78, 5) is 12.2. The number of thiophene rings is 1. The third kappa shape index (κ3) is 2.65. The van der Waals surface area contributed by atoms with Crippen molar-refractivity contribution in [3.05, 3.63) is 40.2 Å². The van der Waals surface area contributed by atoms with Gasteiger partial charge in [-0.05, 0) is 23.9 Å². The lowest BCUT2D eigenvalue weighted by molar-refractivity contribution is 0.0697. The normalized spacial score (nSPS) is 12.1. The smallest absolute Gasteiger partial charge is 0.339 e. The van der Waals surface area contributed by atoms with E-state index in [1.54, 1.807) is 11.3 Å². The van der Waals surface area contributed by atoms with Crippen molar-refractivity contribution in [1.82, 2.24) is 10.2 Å². The van der Waals surface area contributed by atoms with Crippen LogP contribution in [-0.4, -0.2) is 21.3 Å². The van der Waals surface area contributed by atoms with Crippen LogP contribution in [0, 0.1) is 0 Å². The van der Waals surface area contributed by atoms with Crippen LogP contribution in [0.3, 0.4) is 0 Å². The van der Waals surface area contributed by atoms with E-state index in [0.29, 0.717) is 5.82 Å². The first kappa shape index (κ1) is 12.5. The molecule has 18 heavy (non-hydrogen) atoms. The predicted molar refractivity (Wildman–Crippen MR) is 70.0 cm³/mol. The first-order valence-corrected chi connectivity index (χ1v) is 6.45. The maximum atomic E-state index is 11.1. The average molecular weight is 263 g/mol. The lowest BCUT2D eigenvalue weighted by Crippen LogP contribution is -2.13. The van der Waals surface area contributed by atoms with E-state index >= 15 is 0 Å². The highest BCUT2D eigenvalue weighted by atomic mass is 32.1. The van der Waals surface area contributed by atoms with Gasteiger partial charge in [0.25, 0.3) is 0 Å². The summed E-state index contributed by atoms with van der Waals surface area (Å²) in [5.74, 6) is -0.696. The first-order chi connectivity index (χ1) is 8.72. The molecule has 2 heterocycles. The third-order valence-electron chi connectivity index (χ3n) is 2.56. The summed E-state index contributed by atoms with van der Waals surface area (Å²) in [6.07, 6.45) is 2.22. The highest BCUT2D eigenvalue weighted by Crippen LogP contribution is 2.26. The minimum atomic E-state index is -1.01. The Labute approximate surface area is 109 Å². The van der Waals surface area contributed by atoms with Crippen LogP contribution in [-0.2, 0) is 0 Å². The summed E-state index contributed by atoms with van der Waals surface area (Å²) < 4.78 is 0. The van der Waals surface area contributed by atoms with Gasteiger partial charge in [0.05, 0.1) is 12.2 Å². The van der Waals surface area contributed by atoms with Crippen LogP contribution in [0.4, 0.5) is 5.82 Å². The van der Waals surface area contributed by atoms with Gasteiger partial charge in [-0.1, -0.05) is 13.0 Å². The van der Waals surface area contributed by atoms with Crippen LogP contribution >= 0.6 is 11.3 Å². The fourth-order valence-electron chi connectivity index (χ4n) is 1.64. The third-order valence-corrected chi connectivity index (χ3v) is 3.54. The van der Waals surface area contributed by atoms with Gasteiger partial charge in [-0.2, -0.15) is 5.10 Å². The molecule has 2 aromatic rings. The molecule has 0 amide bonds. The van der Waals surface area contributed by atoms with E-state index in [-0.39, 0.29) is 11.6 Å². The Hall–Kier alpha value is -1.95. The number of aromatic carboxylic acids is 1. The van der Waals surface area contributed by atoms with E-state index in [1.807, 2.05) is 24.4 Å². The molecule has 5 nitrogen and oxygen atoms in total. The molecule has 1 unspecified atom stereocenters. The van der Waals surface area contributed by atoms with E-state index in [4.69, 9.17) is 5.11 Å². The molecule has 0 saturated carbocycles. The van der Waals surface area contributed by atoms with Gasteiger partial charge in [0, 0.05) is 4.88 Å². The molecule has 2 aromatic heterocycles. The van der Waals surface area contributed by atoms with Crippen molar-refractivity contribution in [3.63, 3.8) is 0 Å². The lowest BCUT2D eigenvalue weighted by atomic mass is 10.1. The molecule has 0 aliphatic carbocycles. The van der Waals surface area contributed by atoms with Crippen molar-refractivity contribution in [1.29, 1.82) is 0 Å². The standard InChI is InChI=1S/C12H13N3O2S/c1-2-9(10-4-3-7-18-10)14-11-8(12(16)17)5-6-13-15-11/h3-7,9H,2H2,1H3,(H,14,15)(H,16,17). The molecule has 1 atom stereocenters. The summed E-state index contributed by atoms with van der Waals surface area (Å²) in [5, 5.41) is 21.8. The van der Waals surface area contributed by atoms with Gasteiger partial charge in [-0.15, -0.1) is 16.4 Å². The van der Waals surface area contributed by atoms with Crippen molar-refractivity contribution >= 4 is 23.1 Å². The summed E-state index contributed by atoms with van der Waals surface area (Å²) in [7, 11) is 0. The fourth-order valence-corrected chi connectivity index (χ4v) is 2.50. The van der Waals surface area contributed by atoms with Crippen molar-refractivity contribution < 1.29 is 9.90 Å². The van der Waals surface area contributed by atoms with Gasteiger partial charge in [0.15, 0.2) is 5.82 Å². The number of rotatable bonds is 5. The van der Waals surface area contributed by atoms with Gasteiger partial charge < -0.3 is 10.4 Å². The van der Waals surface area contributed by atoms with Crippen LogP contribution in [0.2, 0.25) is 0 Å². The van der Waals surface area contributed by atoms with Gasteiger partial charge >= 0.3 is 5.97 Å². The van der Waals surface area contributed by atoms with Crippen LogP contribution < -0.4 is 5.32 Å². The van der Waals surface area contributed by atoms with E-state index < -0.39 is 5.97 Å². The second-order valence-electron chi connectivity index (χ2n) is 3.72. The minimum Gasteiger partial charge on any atom is -0.478 e. The number of anilines is 1. The number of carboxylic acid groups (broad SMARTS) is 1. The first-order valence-electron chi connectivity index (χ1n) is 5.57. The lowest BCUT2D eigenvalue weighted by Gasteiger charge is -2.16. The Morgan fingerprint density at radius 2 is 2.39 bits per heavy atom. The second-order valence-corrected chi connectivity index (χ2v) is 4.70. The Balaban J connectivity index is 2.25. The van der Waals surface area contributed by atoms with Crippen molar-refractivity contribution in [2.45, 2.75) is 19.4 Å². The number of carboxylic acids is 1. The zero-order chi connectivity index (χ0) is 13.0. The summed E-state index contributed by atoms with van der Waals surface area (Å²) in [5.41, 5.74) is 0.139. The fraction of sp³-hybridized carbons (Fsp3) is 0.250. The van der Waals surface area contributed by atoms with Crippen molar-refractivity contribution in [2.24, 2.45) is 0 Å². The summed E-state index contributed by atoms with van der Waals surface area (Å²) in [6.45, 7) is 2.04. The van der Waals surface area contributed by atoms with Gasteiger partial charge in [0.1, 0.15) is 5.56 Å². The number of nitrogens with one attached hydrogen (secondary N) is 1. The summed E-state index contributed by atoms with van der Waals surface area (Å²) >= 11 is 1.63. The number of nitrogens with zero attached hydrogens (tertiary/aromatic N) is 2. The number of aromatic nitrogens is 2. The predicted octanol–water partition coefficient (Wildman–Crippen LogP) is 2.80. The molecule has 2 N–H and O–H groups in total. The van der Waals surface area contributed by atoms with E-state index in [0.717, 1.165) is 11.3 Å². The monoisotopic (exact) mass is 263 g/mol. The molecule has 0 aliphatic rings. The Kier molecular flexibility index (Phi) is 3.88. The van der Waals surface area contributed by atoms with Crippen LogP contribution in [0.1, 0.15) is 34.6 Å². The Morgan fingerprint density at radius 3 is 3.00 bits per heavy atom. The molecule has 0 aliphatic heterocycles. The Morgan fingerprint density at radius 1 is 1.56 bits per heavy atom. The molecule has 0 bridgehead atoms. The van der Waals surface area contributed by atoms with Crippen LogP contribution in [0.25, 0.3) is 0 Å². The van der Waals surface area contributed by atoms with E-state index in [1.165, 1.54) is 12.3 Å². The molecular weight excluding hydrogens is 250 g/mol. The summed E-state index contributed by atoms with van der Waals surface area (Å²) in [6, 6.07) is 5.49. The largest absolute Gasteiger partial charge is 0.478 e. The maximum Gasteiger partial charge on any atom is 0.339 e. The quantitative estimate of drug-likeness (QED) is 0.867. The molecule has 94 valence electrons. The molecule has 2 rings (SSSR count). The van der Waals surface area contributed by atoms with E-state index in [2.05, 4.69) is 15.5 Å². The SMILES string of the molecule is CCC(Nc1nnccc1C(=O)O)c1cccs1. The molecule has 0 spiro atoms. The van der Waals surface area contributed by atoms with Gasteiger partial charge in [-0.3, -0.25) is 0 Å². The van der Waals surface area contributed by atoms with Crippen molar-refractivity contribution in [3.8, 4) is 0 Å². The Bertz CT molecular complexity index is 528.